The van der Waals surface area contributed by atoms with Crippen molar-refractivity contribution in [1.29, 1.82) is 0 Å². The highest BCUT2D eigenvalue weighted by atomic mass is 79.9. The van der Waals surface area contributed by atoms with E-state index in [4.69, 9.17) is 11.6 Å². The predicted molar refractivity (Wildman–Crippen MR) is 83.0 cm³/mol. The summed E-state index contributed by atoms with van der Waals surface area (Å²) in [7, 11) is 0. The van der Waals surface area contributed by atoms with E-state index in [1.54, 1.807) is 6.07 Å². The Morgan fingerprint density at radius 1 is 1.30 bits per heavy atom. The highest BCUT2D eigenvalue weighted by Gasteiger charge is 2.14. The van der Waals surface area contributed by atoms with Crippen LogP contribution in [0.15, 0.2) is 40.9 Å². The van der Waals surface area contributed by atoms with Gasteiger partial charge < -0.3 is 0 Å². The summed E-state index contributed by atoms with van der Waals surface area (Å²) < 4.78 is 16.0. The first kappa shape index (κ1) is 13.6. The summed E-state index contributed by atoms with van der Waals surface area (Å²) in [4.78, 5) is 4.41. The number of rotatable bonds is 2. The molecule has 0 amide bonds. The molecule has 102 valence electrons. The Labute approximate surface area is 129 Å². The molecule has 2 nitrogen and oxygen atoms in total. The number of hydrogen-bond donors (Lipinski definition) is 0. The molecule has 0 fully saturated rings. The molecule has 20 heavy (non-hydrogen) atoms. The molecule has 1 aromatic heterocycles. The maximum absolute atomic E-state index is 13.6. The summed E-state index contributed by atoms with van der Waals surface area (Å²) in [5, 5.41) is 0. The second-order valence-corrected chi connectivity index (χ2v) is 5.71. The van der Waals surface area contributed by atoms with Gasteiger partial charge in [-0.1, -0.05) is 12.1 Å². The second kappa shape index (κ2) is 5.19. The van der Waals surface area contributed by atoms with Gasteiger partial charge in [-0.05, 0) is 46.6 Å². The van der Waals surface area contributed by atoms with Crippen LogP contribution < -0.4 is 0 Å². The summed E-state index contributed by atoms with van der Waals surface area (Å²) >= 11 is 9.20. The molecule has 5 heteroatoms. The van der Waals surface area contributed by atoms with Crippen molar-refractivity contribution in [3.8, 4) is 5.69 Å². The number of fused-ring (bicyclic) bond motifs is 1. The fourth-order valence-electron chi connectivity index (χ4n) is 2.27. The van der Waals surface area contributed by atoms with Crippen LogP contribution in [-0.4, -0.2) is 9.55 Å². The molecule has 0 unspecified atom stereocenters. The average Bonchev–Trinajstić information content (AvgIpc) is 2.77. The summed E-state index contributed by atoms with van der Waals surface area (Å²) in [5.74, 6) is 0.638. The minimum absolute atomic E-state index is 0.266. The number of aryl methyl sites for hydroxylation is 1. The van der Waals surface area contributed by atoms with Crippen LogP contribution in [0.3, 0.4) is 0 Å². The third-order valence-corrected chi connectivity index (χ3v) is 3.99. The smallest absolute Gasteiger partial charge is 0.139 e. The summed E-state index contributed by atoms with van der Waals surface area (Å²) in [5.41, 5.74) is 3.55. The van der Waals surface area contributed by atoms with Gasteiger partial charge in [0.15, 0.2) is 0 Å². The zero-order valence-corrected chi connectivity index (χ0v) is 13.0. The first-order valence-corrected chi connectivity index (χ1v) is 7.42. The van der Waals surface area contributed by atoms with Crippen LogP contribution in [0.1, 0.15) is 11.4 Å². The van der Waals surface area contributed by atoms with Gasteiger partial charge in [-0.3, -0.25) is 4.57 Å². The molecular weight excluding hydrogens is 343 g/mol. The number of alkyl halides is 1. The molecule has 1 heterocycles. The van der Waals surface area contributed by atoms with Crippen LogP contribution in [0, 0.1) is 12.7 Å². The van der Waals surface area contributed by atoms with Gasteiger partial charge >= 0.3 is 0 Å². The van der Waals surface area contributed by atoms with Crippen molar-refractivity contribution >= 4 is 38.6 Å². The first-order valence-electron chi connectivity index (χ1n) is 6.09. The van der Waals surface area contributed by atoms with E-state index < -0.39 is 0 Å². The van der Waals surface area contributed by atoms with Crippen molar-refractivity contribution in [2.24, 2.45) is 0 Å². The molecule has 0 atom stereocenters. The fraction of sp³-hybridized carbons (Fsp3) is 0.133. The second-order valence-electron chi connectivity index (χ2n) is 4.59. The Morgan fingerprint density at radius 2 is 2.10 bits per heavy atom. The number of imidazole rings is 1. The van der Waals surface area contributed by atoms with Crippen molar-refractivity contribution in [3.63, 3.8) is 0 Å². The number of halogens is 3. The van der Waals surface area contributed by atoms with Crippen molar-refractivity contribution in [2.45, 2.75) is 12.8 Å². The number of aromatic nitrogens is 2. The number of benzene rings is 2. The molecule has 2 aromatic carbocycles. The molecule has 3 aromatic rings. The Balaban J connectivity index is 2.35. The summed E-state index contributed by atoms with van der Waals surface area (Å²) in [6, 6.07) is 11.2. The lowest BCUT2D eigenvalue weighted by Crippen LogP contribution is -1.99. The van der Waals surface area contributed by atoms with Gasteiger partial charge in [0.05, 0.1) is 21.4 Å². The third kappa shape index (κ3) is 2.23. The largest absolute Gasteiger partial charge is 0.295 e. The molecule has 0 bridgehead atoms. The Bertz CT molecular complexity index is 798. The van der Waals surface area contributed by atoms with E-state index in [0.29, 0.717) is 15.8 Å². The van der Waals surface area contributed by atoms with E-state index in [-0.39, 0.29) is 11.7 Å². The standard InChI is InChI=1S/C15H11BrClFN2/c1-9-3-2-4-10(5-9)20-14-6-11(16)12(18)7-13(14)19-15(20)8-17/h2-7H,8H2,1H3. The van der Waals surface area contributed by atoms with Gasteiger partial charge in [0, 0.05) is 11.8 Å². The molecule has 0 aliphatic heterocycles. The Morgan fingerprint density at radius 3 is 2.80 bits per heavy atom. The van der Waals surface area contributed by atoms with Gasteiger partial charge in [-0.15, -0.1) is 11.6 Å². The lowest BCUT2D eigenvalue weighted by molar-refractivity contribution is 0.623. The van der Waals surface area contributed by atoms with Gasteiger partial charge in [-0.25, -0.2) is 9.37 Å². The fourth-order valence-corrected chi connectivity index (χ4v) is 2.78. The van der Waals surface area contributed by atoms with E-state index in [2.05, 4.69) is 27.0 Å². The lowest BCUT2D eigenvalue weighted by atomic mass is 10.2. The molecule has 0 spiro atoms. The number of nitrogens with zero attached hydrogens (tertiary/aromatic N) is 2. The lowest BCUT2D eigenvalue weighted by Gasteiger charge is -2.09. The SMILES string of the molecule is Cc1cccc(-n2c(CCl)nc3cc(F)c(Br)cc32)c1. The van der Waals surface area contributed by atoms with Crippen LogP contribution in [-0.2, 0) is 5.88 Å². The maximum atomic E-state index is 13.6. The van der Waals surface area contributed by atoms with Gasteiger partial charge in [0.25, 0.3) is 0 Å². The monoisotopic (exact) mass is 352 g/mol. The average molecular weight is 354 g/mol. The highest BCUT2D eigenvalue weighted by molar-refractivity contribution is 9.10. The van der Waals surface area contributed by atoms with Crippen LogP contribution in [0.2, 0.25) is 0 Å². The minimum atomic E-state index is -0.326. The zero-order chi connectivity index (χ0) is 14.3. The molecule has 0 saturated carbocycles. The first-order chi connectivity index (χ1) is 9.60. The molecule has 0 aliphatic carbocycles. The van der Waals surface area contributed by atoms with Crippen molar-refractivity contribution in [2.75, 3.05) is 0 Å². The quantitative estimate of drug-likeness (QED) is 0.594. The molecule has 0 aliphatic rings. The van der Waals surface area contributed by atoms with E-state index in [9.17, 15) is 4.39 Å². The Kier molecular flexibility index (Phi) is 3.52. The van der Waals surface area contributed by atoms with Crippen LogP contribution in [0.5, 0.6) is 0 Å². The predicted octanol–water partition coefficient (Wildman–Crippen LogP) is 4.97. The molecule has 3 rings (SSSR count). The van der Waals surface area contributed by atoms with Gasteiger partial charge in [-0.2, -0.15) is 0 Å². The molecule has 0 radical (unpaired) electrons. The van der Waals surface area contributed by atoms with Crippen molar-refractivity contribution in [1.82, 2.24) is 9.55 Å². The Hall–Kier alpha value is -1.39. The normalized spacial score (nSPS) is 11.2. The van der Waals surface area contributed by atoms with Gasteiger partial charge in [0.2, 0.25) is 0 Å². The topological polar surface area (TPSA) is 17.8 Å². The zero-order valence-electron chi connectivity index (χ0n) is 10.7. The third-order valence-electron chi connectivity index (χ3n) is 3.15. The van der Waals surface area contributed by atoms with Crippen LogP contribution >= 0.6 is 27.5 Å². The minimum Gasteiger partial charge on any atom is -0.295 e. The number of hydrogen-bond acceptors (Lipinski definition) is 1. The molecule has 0 N–H and O–H groups in total. The highest BCUT2D eigenvalue weighted by Crippen LogP contribution is 2.27. The van der Waals surface area contributed by atoms with Gasteiger partial charge in [0.1, 0.15) is 11.6 Å². The van der Waals surface area contributed by atoms with E-state index in [1.165, 1.54) is 6.07 Å². The van der Waals surface area contributed by atoms with Crippen molar-refractivity contribution in [3.05, 3.63) is 58.1 Å². The molecule has 0 saturated heterocycles. The van der Waals surface area contributed by atoms with E-state index in [0.717, 1.165) is 16.8 Å². The summed E-state index contributed by atoms with van der Waals surface area (Å²) in [6.45, 7) is 2.03. The van der Waals surface area contributed by atoms with Crippen molar-refractivity contribution < 1.29 is 4.39 Å². The van der Waals surface area contributed by atoms with E-state index in [1.807, 2.05) is 29.7 Å². The van der Waals surface area contributed by atoms with Crippen LogP contribution in [0.4, 0.5) is 4.39 Å². The summed E-state index contributed by atoms with van der Waals surface area (Å²) in [6.07, 6.45) is 0. The van der Waals surface area contributed by atoms with E-state index >= 15 is 0 Å². The molecular formula is C15H11BrClFN2. The van der Waals surface area contributed by atoms with Crippen LogP contribution in [0.25, 0.3) is 16.7 Å². The maximum Gasteiger partial charge on any atom is 0.139 e.